The van der Waals surface area contributed by atoms with Gasteiger partial charge in [0.05, 0.1) is 2.88 Å². The third-order valence-electron chi connectivity index (χ3n) is 2.11. The lowest BCUT2D eigenvalue weighted by Crippen LogP contribution is -1.99. The Bertz CT molecular complexity index is 502. The fraction of sp³-hybridized carbons (Fsp3) is 0.0833. The molecule has 0 bridgehead atoms. The first-order valence-electron chi connectivity index (χ1n) is 4.52. The fourth-order valence-corrected chi connectivity index (χ4v) is 2.71. The Labute approximate surface area is 106 Å². The number of hydrogen-bond donors (Lipinski definition) is 0. The van der Waals surface area contributed by atoms with Crippen molar-refractivity contribution in [1.82, 2.24) is 0 Å². The molecule has 76 valence electrons. The van der Waals surface area contributed by atoms with Crippen LogP contribution in [-0.4, -0.2) is 5.78 Å². The molecule has 0 saturated carbocycles. The van der Waals surface area contributed by atoms with Crippen LogP contribution in [0.1, 0.15) is 21.5 Å². The van der Waals surface area contributed by atoms with Crippen LogP contribution < -0.4 is 0 Å². The first-order chi connectivity index (χ1) is 7.16. The highest BCUT2D eigenvalue weighted by atomic mass is 127. The van der Waals surface area contributed by atoms with Crippen molar-refractivity contribution >= 4 is 39.7 Å². The van der Waals surface area contributed by atoms with Crippen LogP contribution in [0, 0.1) is 9.81 Å². The van der Waals surface area contributed by atoms with E-state index in [2.05, 4.69) is 22.6 Å². The molecule has 0 unspecified atom stereocenters. The van der Waals surface area contributed by atoms with Crippen molar-refractivity contribution in [3.8, 4) is 0 Å². The average molecular weight is 328 g/mol. The van der Waals surface area contributed by atoms with Gasteiger partial charge in [-0.3, -0.25) is 4.79 Å². The number of ketones is 1. The predicted molar refractivity (Wildman–Crippen MR) is 71.6 cm³/mol. The maximum absolute atomic E-state index is 12.0. The van der Waals surface area contributed by atoms with E-state index < -0.39 is 0 Å². The third kappa shape index (κ3) is 2.46. The van der Waals surface area contributed by atoms with Gasteiger partial charge in [-0.2, -0.15) is 0 Å². The molecule has 0 atom stereocenters. The van der Waals surface area contributed by atoms with E-state index in [0.717, 1.165) is 19.6 Å². The quantitative estimate of drug-likeness (QED) is 0.604. The monoisotopic (exact) mass is 328 g/mol. The predicted octanol–water partition coefficient (Wildman–Crippen LogP) is 3.89. The van der Waals surface area contributed by atoms with Crippen molar-refractivity contribution in [3.05, 3.63) is 55.3 Å². The van der Waals surface area contributed by atoms with Gasteiger partial charge in [0.2, 0.25) is 0 Å². The van der Waals surface area contributed by atoms with Gasteiger partial charge >= 0.3 is 0 Å². The average Bonchev–Trinajstić information content (AvgIpc) is 2.64. The zero-order chi connectivity index (χ0) is 10.8. The van der Waals surface area contributed by atoms with Crippen molar-refractivity contribution in [3.63, 3.8) is 0 Å². The van der Waals surface area contributed by atoms with E-state index in [0.29, 0.717) is 0 Å². The van der Waals surface area contributed by atoms with Crippen LogP contribution in [-0.2, 0) is 0 Å². The molecule has 0 amide bonds. The van der Waals surface area contributed by atoms with Gasteiger partial charge in [0, 0.05) is 16.5 Å². The van der Waals surface area contributed by atoms with Crippen LogP contribution in [0.5, 0.6) is 0 Å². The van der Waals surface area contributed by atoms with Gasteiger partial charge in [0.15, 0.2) is 5.78 Å². The van der Waals surface area contributed by atoms with Crippen molar-refractivity contribution in [1.29, 1.82) is 0 Å². The molecule has 0 aliphatic rings. The molecular formula is C12H9IOS. The SMILES string of the molecule is Cc1cccc(C(=O)c2csc(I)c2)c1. The highest BCUT2D eigenvalue weighted by Gasteiger charge is 2.10. The number of aryl methyl sites for hydroxylation is 1. The number of benzene rings is 1. The van der Waals surface area contributed by atoms with E-state index in [1.54, 1.807) is 11.3 Å². The van der Waals surface area contributed by atoms with Crippen LogP contribution in [0.3, 0.4) is 0 Å². The third-order valence-corrected chi connectivity index (χ3v) is 3.90. The molecule has 0 fully saturated rings. The lowest BCUT2D eigenvalue weighted by molar-refractivity contribution is 0.103. The van der Waals surface area contributed by atoms with E-state index in [9.17, 15) is 4.79 Å². The number of carbonyl (C=O) groups is 1. The van der Waals surface area contributed by atoms with Gasteiger partial charge in [0.25, 0.3) is 0 Å². The maximum Gasteiger partial charge on any atom is 0.193 e. The lowest BCUT2D eigenvalue weighted by atomic mass is 10.0. The van der Waals surface area contributed by atoms with Gasteiger partial charge in [-0.1, -0.05) is 23.8 Å². The van der Waals surface area contributed by atoms with Crippen molar-refractivity contribution in [2.75, 3.05) is 0 Å². The highest BCUT2D eigenvalue weighted by Crippen LogP contribution is 2.19. The maximum atomic E-state index is 12.0. The molecular weight excluding hydrogens is 319 g/mol. The number of halogens is 1. The molecule has 1 nitrogen and oxygen atoms in total. The summed E-state index contributed by atoms with van der Waals surface area (Å²) in [6.07, 6.45) is 0. The summed E-state index contributed by atoms with van der Waals surface area (Å²) in [6.45, 7) is 1.99. The van der Waals surface area contributed by atoms with Crippen LogP contribution >= 0.6 is 33.9 Å². The summed E-state index contributed by atoms with van der Waals surface area (Å²) < 4.78 is 1.14. The molecule has 0 saturated heterocycles. The Kier molecular flexibility index (Phi) is 3.21. The lowest BCUT2D eigenvalue weighted by Gasteiger charge is -1.99. The molecule has 0 N–H and O–H groups in total. The number of hydrogen-bond acceptors (Lipinski definition) is 2. The zero-order valence-corrected chi connectivity index (χ0v) is 11.1. The minimum absolute atomic E-state index is 0.109. The van der Waals surface area contributed by atoms with Crippen molar-refractivity contribution < 1.29 is 4.79 Å². The number of thiophene rings is 1. The largest absolute Gasteiger partial charge is 0.289 e. The van der Waals surface area contributed by atoms with Gasteiger partial charge in [0.1, 0.15) is 0 Å². The second-order valence-corrected chi connectivity index (χ2v) is 6.14. The van der Waals surface area contributed by atoms with E-state index in [4.69, 9.17) is 0 Å². The van der Waals surface area contributed by atoms with Crippen molar-refractivity contribution in [2.24, 2.45) is 0 Å². The second-order valence-electron chi connectivity index (χ2n) is 3.34. The zero-order valence-electron chi connectivity index (χ0n) is 8.16. The Balaban J connectivity index is 2.36. The Morgan fingerprint density at radius 1 is 1.27 bits per heavy atom. The molecule has 0 radical (unpaired) electrons. The van der Waals surface area contributed by atoms with Gasteiger partial charge in [-0.05, 0) is 41.6 Å². The topological polar surface area (TPSA) is 17.1 Å². The number of rotatable bonds is 2. The Morgan fingerprint density at radius 2 is 2.07 bits per heavy atom. The summed E-state index contributed by atoms with van der Waals surface area (Å²) >= 11 is 3.82. The fourth-order valence-electron chi connectivity index (χ4n) is 1.38. The molecule has 1 heterocycles. The summed E-state index contributed by atoms with van der Waals surface area (Å²) in [5, 5.41) is 1.91. The molecule has 1 aromatic heterocycles. The van der Waals surface area contributed by atoms with Crippen LogP contribution in [0.4, 0.5) is 0 Å². The molecule has 2 aromatic rings. The highest BCUT2D eigenvalue weighted by molar-refractivity contribution is 14.1. The molecule has 15 heavy (non-hydrogen) atoms. The summed E-state index contributed by atoms with van der Waals surface area (Å²) in [7, 11) is 0. The molecule has 0 spiro atoms. The molecule has 0 aliphatic carbocycles. The van der Waals surface area contributed by atoms with Gasteiger partial charge < -0.3 is 0 Å². The van der Waals surface area contributed by atoms with Gasteiger partial charge in [-0.15, -0.1) is 11.3 Å². The first kappa shape index (κ1) is 10.8. The summed E-state index contributed by atoms with van der Waals surface area (Å²) in [5.41, 5.74) is 2.67. The minimum atomic E-state index is 0.109. The molecule has 0 aliphatic heterocycles. The van der Waals surface area contributed by atoms with Crippen LogP contribution in [0.15, 0.2) is 35.7 Å². The molecule has 2 rings (SSSR count). The number of carbonyl (C=O) groups excluding carboxylic acids is 1. The minimum Gasteiger partial charge on any atom is -0.289 e. The van der Waals surface area contributed by atoms with Crippen molar-refractivity contribution in [2.45, 2.75) is 6.92 Å². The summed E-state index contributed by atoms with van der Waals surface area (Å²) in [4.78, 5) is 12.0. The molecule has 1 aromatic carbocycles. The van der Waals surface area contributed by atoms with Crippen LogP contribution in [0.2, 0.25) is 0 Å². The molecule has 3 heteroatoms. The van der Waals surface area contributed by atoms with E-state index in [-0.39, 0.29) is 5.78 Å². The van der Waals surface area contributed by atoms with Gasteiger partial charge in [-0.25, -0.2) is 0 Å². The Morgan fingerprint density at radius 3 is 2.67 bits per heavy atom. The summed E-state index contributed by atoms with van der Waals surface area (Å²) in [5.74, 6) is 0.109. The van der Waals surface area contributed by atoms with E-state index >= 15 is 0 Å². The van der Waals surface area contributed by atoms with Crippen LogP contribution in [0.25, 0.3) is 0 Å². The summed E-state index contributed by atoms with van der Waals surface area (Å²) in [6, 6.07) is 9.62. The van der Waals surface area contributed by atoms with E-state index in [1.165, 1.54) is 0 Å². The van der Waals surface area contributed by atoms with E-state index in [1.807, 2.05) is 42.6 Å². The normalized spacial score (nSPS) is 10.3. The Hall–Kier alpha value is -0.680. The second kappa shape index (κ2) is 4.45. The smallest absolute Gasteiger partial charge is 0.193 e. The first-order valence-corrected chi connectivity index (χ1v) is 6.48. The standard InChI is InChI=1S/C12H9IOS/c1-8-3-2-4-9(5-8)12(14)10-6-11(13)15-7-10/h2-7H,1H3.